The molecule has 0 radical (unpaired) electrons. The zero-order valence-electron chi connectivity index (χ0n) is 5.24. The van der Waals surface area contributed by atoms with Crippen molar-refractivity contribution in [3.05, 3.63) is 18.0 Å². The van der Waals surface area contributed by atoms with Crippen LogP contribution in [0, 0.1) is 0 Å². The van der Waals surface area contributed by atoms with Gasteiger partial charge in [0.25, 0.3) is 0 Å². The minimum Gasteiger partial charge on any atom is -0.478 e. The van der Waals surface area contributed by atoms with Crippen molar-refractivity contribution in [3.63, 3.8) is 0 Å². The molecule has 11 heavy (non-hydrogen) atoms. The summed E-state index contributed by atoms with van der Waals surface area (Å²) in [6, 6.07) is 0. The minimum absolute atomic E-state index is 0.245. The largest absolute Gasteiger partial charge is 0.478 e. The lowest BCUT2D eigenvalue weighted by Crippen LogP contribution is -1.98. The maximum absolute atomic E-state index is 11.8. The molecule has 0 aliphatic carbocycles. The van der Waals surface area contributed by atoms with Crippen LogP contribution in [0.5, 0.6) is 0 Å². The van der Waals surface area contributed by atoms with Gasteiger partial charge in [0, 0.05) is 6.20 Å². The second-order valence-corrected chi connectivity index (χ2v) is 1.79. The van der Waals surface area contributed by atoms with Gasteiger partial charge >= 0.3 is 12.5 Å². The molecule has 0 spiro atoms. The fourth-order valence-electron chi connectivity index (χ4n) is 0.555. The van der Waals surface area contributed by atoms with E-state index in [4.69, 9.17) is 5.11 Å². The molecule has 1 aromatic heterocycles. The van der Waals surface area contributed by atoms with Gasteiger partial charge in [-0.1, -0.05) is 0 Å². The molecule has 0 aromatic carbocycles. The van der Waals surface area contributed by atoms with Gasteiger partial charge in [0.15, 0.2) is 0 Å². The molecule has 1 N–H and O–H groups in total. The van der Waals surface area contributed by atoms with Crippen LogP contribution in [0.1, 0.15) is 16.9 Å². The predicted octanol–water partition coefficient (Wildman–Crippen LogP) is 0.976. The van der Waals surface area contributed by atoms with Crippen molar-refractivity contribution in [2.45, 2.75) is 6.55 Å². The molecule has 6 heteroatoms. The summed E-state index contributed by atoms with van der Waals surface area (Å²) >= 11 is 0. The van der Waals surface area contributed by atoms with Crippen LogP contribution < -0.4 is 0 Å². The molecular formula is C5H4F2N2O2. The molecular weight excluding hydrogens is 158 g/mol. The Bertz CT molecular complexity index is 271. The fourth-order valence-corrected chi connectivity index (χ4v) is 0.555. The smallest absolute Gasteiger partial charge is 0.338 e. The van der Waals surface area contributed by atoms with Crippen LogP contribution in [0.3, 0.4) is 0 Å². The third kappa shape index (κ3) is 1.51. The number of hydrogen-bond donors (Lipinski definition) is 1. The maximum Gasteiger partial charge on any atom is 0.338 e. The molecule has 1 heterocycles. The topological polar surface area (TPSA) is 55.1 Å². The third-order valence-electron chi connectivity index (χ3n) is 1.05. The average molecular weight is 162 g/mol. The van der Waals surface area contributed by atoms with Crippen molar-refractivity contribution in [1.29, 1.82) is 0 Å². The second kappa shape index (κ2) is 2.65. The summed E-state index contributed by atoms with van der Waals surface area (Å²) in [4.78, 5) is 10.1. The molecule has 1 aromatic rings. The summed E-state index contributed by atoms with van der Waals surface area (Å²) in [7, 11) is 0. The van der Waals surface area contributed by atoms with E-state index in [1.54, 1.807) is 0 Å². The van der Waals surface area contributed by atoms with Gasteiger partial charge in [-0.25, -0.2) is 9.48 Å². The van der Waals surface area contributed by atoms with Crippen LogP contribution in [0.4, 0.5) is 8.78 Å². The molecule has 0 bridgehead atoms. The van der Waals surface area contributed by atoms with Crippen LogP contribution in [-0.2, 0) is 0 Å². The van der Waals surface area contributed by atoms with E-state index in [0.717, 1.165) is 12.4 Å². The molecule has 0 saturated heterocycles. The normalized spacial score (nSPS) is 10.5. The SMILES string of the molecule is O=C(O)c1cnn(C(F)F)c1. The van der Waals surface area contributed by atoms with E-state index in [0.29, 0.717) is 0 Å². The highest BCUT2D eigenvalue weighted by Gasteiger charge is 2.10. The molecule has 0 atom stereocenters. The Balaban J connectivity index is 2.90. The first-order valence-corrected chi connectivity index (χ1v) is 2.67. The molecule has 1 rings (SSSR count). The van der Waals surface area contributed by atoms with Crippen LogP contribution in [0.25, 0.3) is 0 Å². The third-order valence-corrected chi connectivity index (χ3v) is 1.05. The zero-order valence-corrected chi connectivity index (χ0v) is 5.24. The first kappa shape index (κ1) is 7.64. The highest BCUT2D eigenvalue weighted by atomic mass is 19.3. The number of carboxylic acid groups (broad SMARTS) is 1. The highest BCUT2D eigenvalue weighted by molar-refractivity contribution is 5.86. The Kier molecular flexibility index (Phi) is 1.84. The van der Waals surface area contributed by atoms with Crippen LogP contribution >= 0.6 is 0 Å². The monoisotopic (exact) mass is 162 g/mol. The lowest BCUT2D eigenvalue weighted by molar-refractivity contribution is 0.0563. The van der Waals surface area contributed by atoms with Crippen molar-refractivity contribution in [3.8, 4) is 0 Å². The van der Waals surface area contributed by atoms with Crippen molar-refractivity contribution in [2.75, 3.05) is 0 Å². The number of halogens is 2. The van der Waals surface area contributed by atoms with Crippen molar-refractivity contribution in [1.82, 2.24) is 9.78 Å². The lowest BCUT2D eigenvalue weighted by Gasteiger charge is -1.94. The van der Waals surface area contributed by atoms with Gasteiger partial charge in [0.1, 0.15) is 0 Å². The Hall–Kier alpha value is -1.46. The summed E-state index contributed by atoms with van der Waals surface area (Å²) in [5.74, 6) is -1.27. The zero-order chi connectivity index (χ0) is 8.43. The number of carboxylic acids is 1. The first-order valence-electron chi connectivity index (χ1n) is 2.67. The van der Waals surface area contributed by atoms with Crippen LogP contribution in [-0.4, -0.2) is 20.9 Å². The maximum atomic E-state index is 11.8. The quantitative estimate of drug-likeness (QED) is 0.705. The number of carbonyl (C=O) groups is 1. The molecule has 0 unspecified atom stereocenters. The molecule has 0 amide bonds. The summed E-state index contributed by atoms with van der Waals surface area (Å²) in [5, 5.41) is 11.4. The number of aromatic carboxylic acids is 1. The van der Waals surface area contributed by atoms with Gasteiger partial charge in [-0.2, -0.15) is 13.9 Å². The van der Waals surface area contributed by atoms with Crippen molar-refractivity contribution >= 4 is 5.97 Å². The van der Waals surface area contributed by atoms with Gasteiger partial charge < -0.3 is 5.11 Å². The Morgan fingerprint density at radius 2 is 2.36 bits per heavy atom. The van der Waals surface area contributed by atoms with E-state index in [2.05, 4.69) is 5.10 Å². The first-order chi connectivity index (χ1) is 5.11. The van der Waals surface area contributed by atoms with Gasteiger partial charge in [0.2, 0.25) is 0 Å². The van der Waals surface area contributed by atoms with Gasteiger partial charge in [-0.3, -0.25) is 0 Å². The molecule has 0 aliphatic heterocycles. The molecule has 0 fully saturated rings. The number of alkyl halides is 2. The van der Waals surface area contributed by atoms with Crippen LogP contribution in [0.15, 0.2) is 12.4 Å². The summed E-state index contributed by atoms with van der Waals surface area (Å²) < 4.78 is 23.8. The van der Waals surface area contributed by atoms with E-state index in [9.17, 15) is 13.6 Å². The molecule has 4 nitrogen and oxygen atoms in total. The number of rotatable bonds is 2. The van der Waals surface area contributed by atoms with Gasteiger partial charge in [-0.05, 0) is 0 Å². The number of nitrogens with zero attached hydrogens (tertiary/aromatic N) is 2. The van der Waals surface area contributed by atoms with E-state index in [1.165, 1.54) is 0 Å². The second-order valence-electron chi connectivity index (χ2n) is 1.79. The Labute approximate surface area is 60.1 Å². The Morgan fingerprint density at radius 1 is 1.73 bits per heavy atom. The Morgan fingerprint density at radius 3 is 2.64 bits per heavy atom. The van der Waals surface area contributed by atoms with E-state index in [1.807, 2.05) is 0 Å². The highest BCUT2D eigenvalue weighted by Crippen LogP contribution is 2.08. The van der Waals surface area contributed by atoms with E-state index >= 15 is 0 Å². The van der Waals surface area contributed by atoms with Gasteiger partial charge in [-0.15, -0.1) is 0 Å². The molecule has 60 valence electrons. The van der Waals surface area contributed by atoms with Crippen molar-refractivity contribution in [2.24, 2.45) is 0 Å². The van der Waals surface area contributed by atoms with Crippen molar-refractivity contribution < 1.29 is 18.7 Å². The van der Waals surface area contributed by atoms with E-state index < -0.39 is 12.5 Å². The lowest BCUT2D eigenvalue weighted by atomic mass is 10.4. The molecule has 0 saturated carbocycles. The number of hydrogen-bond acceptors (Lipinski definition) is 2. The van der Waals surface area contributed by atoms with E-state index in [-0.39, 0.29) is 10.2 Å². The standard InChI is InChI=1S/C5H4F2N2O2/c6-5(7)9-2-3(1-8-9)4(10)11/h1-2,5H,(H,10,11). The van der Waals surface area contributed by atoms with Crippen LogP contribution in [0.2, 0.25) is 0 Å². The summed E-state index contributed by atoms with van der Waals surface area (Å²) in [6.07, 6.45) is 1.64. The fraction of sp³-hybridized carbons (Fsp3) is 0.200. The average Bonchev–Trinajstić information content (AvgIpc) is 2.33. The van der Waals surface area contributed by atoms with Gasteiger partial charge in [0.05, 0.1) is 11.8 Å². The summed E-state index contributed by atoms with van der Waals surface area (Å²) in [5.41, 5.74) is -0.245. The minimum atomic E-state index is -2.79. The predicted molar refractivity (Wildman–Crippen MR) is 30.4 cm³/mol. The number of aromatic nitrogens is 2. The molecule has 0 aliphatic rings. The summed E-state index contributed by atoms with van der Waals surface area (Å²) in [6.45, 7) is -2.79.